The summed E-state index contributed by atoms with van der Waals surface area (Å²) in [4.78, 5) is 0.860. The molecule has 1 atom stereocenters. The predicted molar refractivity (Wildman–Crippen MR) is 65.8 cm³/mol. The number of benzene rings is 1. The minimum atomic E-state index is -0.722. The Morgan fingerprint density at radius 1 is 1.50 bits per heavy atom. The van der Waals surface area contributed by atoms with E-state index >= 15 is 0 Å². The molecule has 0 aliphatic heterocycles. The Labute approximate surface area is 99.4 Å². The fourth-order valence-corrected chi connectivity index (χ4v) is 2.05. The van der Waals surface area contributed by atoms with Crippen LogP contribution in [0.1, 0.15) is 6.92 Å². The quantitative estimate of drug-likeness (QED) is 0.515. The first-order valence-corrected chi connectivity index (χ1v) is 6.10. The number of thioether (sulfide) groups is 1. The lowest BCUT2D eigenvalue weighted by Gasteiger charge is -2.10. The second-order valence-electron chi connectivity index (χ2n) is 3.28. The van der Waals surface area contributed by atoms with E-state index in [4.69, 9.17) is 15.6 Å². The van der Waals surface area contributed by atoms with Crippen molar-refractivity contribution in [2.45, 2.75) is 17.9 Å². The van der Waals surface area contributed by atoms with Crippen LogP contribution in [0.15, 0.2) is 23.1 Å². The van der Waals surface area contributed by atoms with Gasteiger partial charge in [-0.15, -0.1) is 11.8 Å². The maximum atomic E-state index is 9.24. The number of aliphatic hydroxyl groups is 2. The number of nitrogens with two attached hydrogens (primary N) is 1. The summed E-state index contributed by atoms with van der Waals surface area (Å²) in [7, 11) is 0. The van der Waals surface area contributed by atoms with E-state index in [1.807, 2.05) is 19.1 Å². The highest BCUT2D eigenvalue weighted by Gasteiger charge is 2.06. The van der Waals surface area contributed by atoms with E-state index < -0.39 is 6.10 Å². The molecule has 0 radical (unpaired) electrons. The SMILES string of the molecule is CCOc1ccc(N)c(SCC(O)CO)c1. The first-order chi connectivity index (χ1) is 7.67. The van der Waals surface area contributed by atoms with Gasteiger partial charge in [0.2, 0.25) is 0 Å². The summed E-state index contributed by atoms with van der Waals surface area (Å²) in [6, 6.07) is 5.43. The van der Waals surface area contributed by atoms with Crippen molar-refractivity contribution in [1.82, 2.24) is 0 Å². The highest BCUT2D eigenvalue weighted by atomic mass is 32.2. The van der Waals surface area contributed by atoms with Crippen molar-refractivity contribution in [2.75, 3.05) is 24.7 Å². The van der Waals surface area contributed by atoms with Crippen LogP contribution < -0.4 is 10.5 Å². The fraction of sp³-hybridized carbons (Fsp3) is 0.455. The van der Waals surface area contributed by atoms with E-state index in [1.165, 1.54) is 11.8 Å². The molecule has 1 unspecified atom stereocenters. The van der Waals surface area contributed by atoms with Gasteiger partial charge in [0.05, 0.1) is 19.3 Å². The Morgan fingerprint density at radius 2 is 2.25 bits per heavy atom. The number of aliphatic hydroxyl groups excluding tert-OH is 2. The molecule has 1 aromatic carbocycles. The second-order valence-corrected chi connectivity index (χ2v) is 4.34. The van der Waals surface area contributed by atoms with Crippen molar-refractivity contribution in [3.63, 3.8) is 0 Å². The van der Waals surface area contributed by atoms with Crippen LogP contribution in [0.25, 0.3) is 0 Å². The molecule has 16 heavy (non-hydrogen) atoms. The van der Waals surface area contributed by atoms with Crippen LogP contribution in [0.5, 0.6) is 5.75 Å². The Kier molecular flexibility index (Phi) is 5.45. The lowest BCUT2D eigenvalue weighted by atomic mass is 10.3. The third-order valence-corrected chi connectivity index (χ3v) is 3.15. The number of anilines is 1. The second kappa shape index (κ2) is 6.62. The lowest BCUT2D eigenvalue weighted by molar-refractivity contribution is 0.113. The molecule has 0 bridgehead atoms. The van der Waals surface area contributed by atoms with Crippen molar-refractivity contribution in [3.05, 3.63) is 18.2 Å². The molecule has 0 aliphatic carbocycles. The van der Waals surface area contributed by atoms with Crippen molar-refractivity contribution in [1.29, 1.82) is 0 Å². The van der Waals surface area contributed by atoms with Gasteiger partial charge in [-0.1, -0.05) is 0 Å². The molecule has 5 heteroatoms. The molecular weight excluding hydrogens is 226 g/mol. The van der Waals surface area contributed by atoms with Crippen molar-refractivity contribution in [3.8, 4) is 5.75 Å². The monoisotopic (exact) mass is 243 g/mol. The van der Waals surface area contributed by atoms with Gasteiger partial charge in [0.1, 0.15) is 5.75 Å². The largest absolute Gasteiger partial charge is 0.494 e. The molecule has 0 aromatic heterocycles. The molecule has 0 spiro atoms. The summed E-state index contributed by atoms with van der Waals surface area (Å²) in [5, 5.41) is 17.9. The van der Waals surface area contributed by atoms with Crippen molar-refractivity contribution < 1.29 is 14.9 Å². The molecule has 0 aliphatic rings. The van der Waals surface area contributed by atoms with Gasteiger partial charge in [0, 0.05) is 16.3 Å². The van der Waals surface area contributed by atoms with Crippen molar-refractivity contribution in [2.24, 2.45) is 0 Å². The van der Waals surface area contributed by atoms with Gasteiger partial charge in [0.25, 0.3) is 0 Å². The Balaban J connectivity index is 2.66. The van der Waals surface area contributed by atoms with Crippen LogP contribution in [0.3, 0.4) is 0 Å². The summed E-state index contributed by atoms with van der Waals surface area (Å²) in [6.07, 6.45) is -0.722. The van der Waals surface area contributed by atoms with E-state index in [0.29, 0.717) is 18.0 Å². The average molecular weight is 243 g/mol. The van der Waals surface area contributed by atoms with Gasteiger partial charge in [0.15, 0.2) is 0 Å². The molecular formula is C11H17NO3S. The minimum absolute atomic E-state index is 0.238. The van der Waals surface area contributed by atoms with Crippen LogP contribution in [0.4, 0.5) is 5.69 Å². The zero-order chi connectivity index (χ0) is 12.0. The van der Waals surface area contributed by atoms with Gasteiger partial charge in [-0.05, 0) is 25.1 Å². The molecule has 0 amide bonds. The number of hydrogen-bond donors (Lipinski definition) is 3. The van der Waals surface area contributed by atoms with Crippen LogP contribution in [-0.2, 0) is 0 Å². The van der Waals surface area contributed by atoms with Crippen LogP contribution in [-0.4, -0.2) is 35.3 Å². The molecule has 0 saturated carbocycles. The van der Waals surface area contributed by atoms with Gasteiger partial charge in [-0.25, -0.2) is 0 Å². The van der Waals surface area contributed by atoms with E-state index in [1.54, 1.807) is 6.07 Å². The molecule has 0 fully saturated rings. The summed E-state index contributed by atoms with van der Waals surface area (Å²) in [5.41, 5.74) is 6.44. The maximum absolute atomic E-state index is 9.24. The highest BCUT2D eigenvalue weighted by molar-refractivity contribution is 7.99. The van der Waals surface area contributed by atoms with E-state index in [9.17, 15) is 5.11 Å². The Morgan fingerprint density at radius 3 is 2.88 bits per heavy atom. The summed E-state index contributed by atoms with van der Waals surface area (Å²) in [6.45, 7) is 2.28. The Hall–Kier alpha value is -0.910. The molecule has 0 saturated heterocycles. The fourth-order valence-electron chi connectivity index (χ4n) is 1.13. The first kappa shape index (κ1) is 13.2. The van der Waals surface area contributed by atoms with Crippen LogP contribution in [0, 0.1) is 0 Å². The highest BCUT2D eigenvalue weighted by Crippen LogP contribution is 2.29. The first-order valence-electron chi connectivity index (χ1n) is 5.11. The van der Waals surface area contributed by atoms with Gasteiger partial charge < -0.3 is 20.7 Å². The molecule has 90 valence electrons. The smallest absolute Gasteiger partial charge is 0.120 e. The molecule has 0 heterocycles. The average Bonchev–Trinajstić information content (AvgIpc) is 2.29. The molecule has 4 nitrogen and oxygen atoms in total. The molecule has 1 aromatic rings. The normalized spacial score (nSPS) is 12.4. The lowest BCUT2D eigenvalue weighted by Crippen LogP contribution is -2.14. The zero-order valence-corrected chi connectivity index (χ0v) is 10.0. The van der Waals surface area contributed by atoms with E-state index in [2.05, 4.69) is 0 Å². The molecule has 1 rings (SSSR count). The number of nitrogen functional groups attached to an aromatic ring is 1. The summed E-state index contributed by atoms with van der Waals surface area (Å²) < 4.78 is 5.35. The van der Waals surface area contributed by atoms with Gasteiger partial charge in [-0.2, -0.15) is 0 Å². The number of rotatable bonds is 6. The summed E-state index contributed by atoms with van der Waals surface area (Å²) in [5.74, 6) is 1.17. The third kappa shape index (κ3) is 3.92. The maximum Gasteiger partial charge on any atom is 0.120 e. The van der Waals surface area contributed by atoms with Crippen LogP contribution in [0.2, 0.25) is 0 Å². The zero-order valence-electron chi connectivity index (χ0n) is 9.22. The predicted octanol–water partition coefficient (Wildman–Crippen LogP) is 1.11. The standard InChI is InChI=1S/C11H17NO3S/c1-2-15-9-3-4-10(12)11(5-9)16-7-8(14)6-13/h3-5,8,13-14H,2,6-7,12H2,1H3. The van der Waals surface area contributed by atoms with E-state index in [0.717, 1.165) is 10.6 Å². The topological polar surface area (TPSA) is 75.7 Å². The van der Waals surface area contributed by atoms with Crippen LogP contribution >= 0.6 is 11.8 Å². The van der Waals surface area contributed by atoms with Crippen molar-refractivity contribution >= 4 is 17.4 Å². The minimum Gasteiger partial charge on any atom is -0.494 e. The third-order valence-electron chi connectivity index (χ3n) is 1.94. The van der Waals surface area contributed by atoms with Gasteiger partial charge in [-0.3, -0.25) is 0 Å². The molecule has 4 N–H and O–H groups in total. The number of ether oxygens (including phenoxy) is 1. The van der Waals surface area contributed by atoms with Gasteiger partial charge >= 0.3 is 0 Å². The Bertz CT molecular complexity index is 333. The number of hydrogen-bond acceptors (Lipinski definition) is 5. The van der Waals surface area contributed by atoms with E-state index in [-0.39, 0.29) is 6.61 Å². The summed E-state index contributed by atoms with van der Waals surface area (Å²) >= 11 is 1.40.